The quantitative estimate of drug-likeness (QED) is 0.849. The molecule has 0 unspecified atom stereocenters. The molecule has 0 fully saturated rings. The molecule has 110 valence electrons. The van der Waals surface area contributed by atoms with Gasteiger partial charge in [-0.25, -0.2) is 0 Å². The minimum Gasteiger partial charge on any atom is -0.321 e. The van der Waals surface area contributed by atoms with Gasteiger partial charge < -0.3 is 5.32 Å². The highest BCUT2D eigenvalue weighted by Gasteiger charge is 2.14. The molecule has 0 bridgehead atoms. The minimum absolute atomic E-state index is 0.0204. The van der Waals surface area contributed by atoms with Crippen LogP contribution in [0.5, 0.6) is 0 Å². The lowest BCUT2D eigenvalue weighted by Crippen LogP contribution is -2.13. The predicted molar refractivity (Wildman–Crippen MR) is 80.4 cm³/mol. The van der Waals surface area contributed by atoms with Crippen LogP contribution in [0.2, 0.25) is 5.02 Å². The first-order valence-corrected chi connectivity index (χ1v) is 7.75. The van der Waals surface area contributed by atoms with E-state index in [-0.39, 0.29) is 21.5 Å². The first-order valence-electron chi connectivity index (χ1n) is 5.93. The van der Waals surface area contributed by atoms with Crippen LogP contribution in [0.1, 0.15) is 15.9 Å². The fourth-order valence-electron chi connectivity index (χ4n) is 1.77. The lowest BCUT2D eigenvalue weighted by atomic mass is 10.1. The van der Waals surface area contributed by atoms with Crippen LogP contribution in [0.25, 0.3) is 0 Å². The zero-order chi connectivity index (χ0) is 15.6. The van der Waals surface area contributed by atoms with Crippen molar-refractivity contribution in [3.63, 3.8) is 0 Å². The molecule has 0 saturated heterocycles. The highest BCUT2D eigenvalue weighted by Crippen LogP contribution is 2.25. The summed E-state index contributed by atoms with van der Waals surface area (Å²) < 4.78 is 30.9. The Balaban J connectivity index is 2.29. The molecular weight excluding hydrogens is 314 g/mol. The average Bonchev–Trinajstić information content (AvgIpc) is 2.40. The third-order valence-electron chi connectivity index (χ3n) is 2.88. The van der Waals surface area contributed by atoms with Crippen LogP contribution in [-0.2, 0) is 10.1 Å². The summed E-state index contributed by atoms with van der Waals surface area (Å²) in [5.74, 6) is -0.352. The molecule has 2 N–H and O–H groups in total. The molecule has 0 heterocycles. The van der Waals surface area contributed by atoms with Gasteiger partial charge in [0.2, 0.25) is 0 Å². The molecule has 0 aromatic heterocycles. The van der Waals surface area contributed by atoms with Crippen molar-refractivity contribution in [3.8, 4) is 0 Å². The number of anilines is 1. The predicted octanol–water partition coefficient (Wildman–Crippen LogP) is 3.15. The molecule has 0 radical (unpaired) electrons. The third-order valence-corrected chi connectivity index (χ3v) is 4.04. The molecule has 2 aromatic rings. The van der Waals surface area contributed by atoms with E-state index in [9.17, 15) is 13.2 Å². The molecule has 0 saturated carbocycles. The van der Waals surface area contributed by atoms with Gasteiger partial charge in [-0.1, -0.05) is 29.8 Å². The Bertz CT molecular complexity index is 802. The molecule has 21 heavy (non-hydrogen) atoms. The zero-order valence-corrected chi connectivity index (χ0v) is 12.6. The fraction of sp³-hybridized carbons (Fsp3) is 0.0714. The third kappa shape index (κ3) is 3.60. The van der Waals surface area contributed by atoms with Gasteiger partial charge in [0.05, 0.1) is 15.6 Å². The zero-order valence-electron chi connectivity index (χ0n) is 11.0. The summed E-state index contributed by atoms with van der Waals surface area (Å²) in [6, 6.07) is 10.6. The van der Waals surface area contributed by atoms with E-state index in [4.69, 9.17) is 16.2 Å². The maximum atomic E-state index is 12.1. The molecule has 1 amide bonds. The first kappa shape index (κ1) is 15.5. The van der Waals surface area contributed by atoms with Crippen molar-refractivity contribution in [1.29, 1.82) is 0 Å². The van der Waals surface area contributed by atoms with Crippen molar-refractivity contribution < 1.29 is 17.8 Å². The van der Waals surface area contributed by atoms with Gasteiger partial charge in [0, 0.05) is 5.56 Å². The molecular formula is C14H12ClNO4S. The molecule has 0 aliphatic rings. The van der Waals surface area contributed by atoms with Gasteiger partial charge in [-0.05, 0) is 36.8 Å². The summed E-state index contributed by atoms with van der Waals surface area (Å²) in [5, 5.41) is 2.62. The molecule has 2 rings (SSSR count). The lowest BCUT2D eigenvalue weighted by Gasteiger charge is -2.09. The number of nitrogens with one attached hydrogen (secondary N) is 1. The minimum atomic E-state index is -4.33. The van der Waals surface area contributed by atoms with Gasteiger partial charge in [-0.3, -0.25) is 9.35 Å². The van der Waals surface area contributed by atoms with Crippen LogP contribution in [0.15, 0.2) is 47.4 Å². The van der Waals surface area contributed by atoms with Crippen LogP contribution in [0.4, 0.5) is 5.69 Å². The second-order valence-electron chi connectivity index (χ2n) is 4.39. The summed E-state index contributed by atoms with van der Waals surface area (Å²) in [4.78, 5) is 11.8. The Morgan fingerprint density at radius 1 is 1.19 bits per heavy atom. The number of halogens is 1. The molecule has 2 aromatic carbocycles. The molecule has 5 nitrogen and oxygen atoms in total. The van der Waals surface area contributed by atoms with Crippen LogP contribution >= 0.6 is 11.6 Å². The number of rotatable bonds is 3. The van der Waals surface area contributed by atoms with Crippen molar-refractivity contribution >= 4 is 33.3 Å². The standard InChI is InChI=1S/C14H12ClNO4S/c1-9-4-2-3-5-11(9)14(17)16-13-7-6-10(8-12(13)15)21(18,19)20/h2-8H,1H3,(H,16,17)(H,18,19,20). The molecule has 0 atom stereocenters. The second-order valence-corrected chi connectivity index (χ2v) is 6.21. The summed E-state index contributed by atoms with van der Waals surface area (Å²) in [6.07, 6.45) is 0. The van der Waals surface area contributed by atoms with Crippen molar-refractivity contribution in [1.82, 2.24) is 0 Å². The smallest absolute Gasteiger partial charge is 0.294 e. The Hall–Kier alpha value is -1.89. The Kier molecular flexibility index (Phi) is 4.32. The molecule has 0 spiro atoms. The van der Waals surface area contributed by atoms with E-state index < -0.39 is 10.1 Å². The van der Waals surface area contributed by atoms with Crippen LogP contribution < -0.4 is 5.32 Å². The highest BCUT2D eigenvalue weighted by atomic mass is 35.5. The summed E-state index contributed by atoms with van der Waals surface area (Å²) in [5.41, 5.74) is 1.56. The molecule has 0 aliphatic carbocycles. The van der Waals surface area contributed by atoms with Gasteiger partial charge in [-0.15, -0.1) is 0 Å². The number of hydrogen-bond acceptors (Lipinski definition) is 3. The number of carbonyl (C=O) groups is 1. The topological polar surface area (TPSA) is 83.5 Å². The van der Waals surface area contributed by atoms with Gasteiger partial charge in [0.15, 0.2) is 0 Å². The van der Waals surface area contributed by atoms with Crippen LogP contribution in [0, 0.1) is 6.92 Å². The number of carbonyl (C=O) groups excluding carboxylic acids is 1. The fourth-order valence-corrected chi connectivity index (χ4v) is 2.57. The molecule has 7 heteroatoms. The summed E-state index contributed by atoms with van der Waals surface area (Å²) >= 11 is 5.92. The van der Waals surface area contributed by atoms with E-state index in [1.165, 1.54) is 6.07 Å². The van der Waals surface area contributed by atoms with E-state index in [0.717, 1.165) is 17.7 Å². The summed E-state index contributed by atoms with van der Waals surface area (Å²) in [7, 11) is -4.33. The number of hydrogen-bond donors (Lipinski definition) is 2. The maximum absolute atomic E-state index is 12.1. The van der Waals surface area contributed by atoms with E-state index in [1.54, 1.807) is 25.1 Å². The number of amides is 1. The van der Waals surface area contributed by atoms with Crippen LogP contribution in [-0.4, -0.2) is 18.9 Å². The van der Waals surface area contributed by atoms with Gasteiger partial charge in [0.1, 0.15) is 0 Å². The molecule has 0 aliphatic heterocycles. The van der Waals surface area contributed by atoms with Crippen molar-refractivity contribution in [3.05, 3.63) is 58.6 Å². The second kappa shape index (κ2) is 5.85. The monoisotopic (exact) mass is 325 g/mol. The summed E-state index contributed by atoms with van der Waals surface area (Å²) in [6.45, 7) is 1.80. The largest absolute Gasteiger partial charge is 0.321 e. The lowest BCUT2D eigenvalue weighted by molar-refractivity contribution is 0.102. The maximum Gasteiger partial charge on any atom is 0.294 e. The van der Waals surface area contributed by atoms with E-state index in [0.29, 0.717) is 5.56 Å². The van der Waals surface area contributed by atoms with Crippen molar-refractivity contribution in [2.75, 3.05) is 5.32 Å². The van der Waals surface area contributed by atoms with E-state index >= 15 is 0 Å². The number of benzene rings is 2. The highest BCUT2D eigenvalue weighted by molar-refractivity contribution is 7.85. The Morgan fingerprint density at radius 2 is 1.86 bits per heavy atom. The average molecular weight is 326 g/mol. The van der Waals surface area contributed by atoms with Gasteiger partial charge >= 0.3 is 0 Å². The van der Waals surface area contributed by atoms with Gasteiger partial charge in [-0.2, -0.15) is 8.42 Å². The van der Waals surface area contributed by atoms with Crippen LogP contribution in [0.3, 0.4) is 0 Å². The normalized spacial score (nSPS) is 11.2. The SMILES string of the molecule is Cc1ccccc1C(=O)Nc1ccc(S(=O)(=O)O)cc1Cl. The first-order chi connectivity index (χ1) is 9.79. The van der Waals surface area contributed by atoms with E-state index in [1.807, 2.05) is 6.07 Å². The Morgan fingerprint density at radius 3 is 2.43 bits per heavy atom. The van der Waals surface area contributed by atoms with Crippen molar-refractivity contribution in [2.24, 2.45) is 0 Å². The van der Waals surface area contributed by atoms with Crippen molar-refractivity contribution in [2.45, 2.75) is 11.8 Å². The number of aryl methyl sites for hydroxylation is 1. The Labute approximate surface area is 127 Å². The van der Waals surface area contributed by atoms with E-state index in [2.05, 4.69) is 5.32 Å². The van der Waals surface area contributed by atoms with Gasteiger partial charge in [0.25, 0.3) is 16.0 Å².